The largest absolute Gasteiger partial charge is 0.272 e. The summed E-state index contributed by atoms with van der Waals surface area (Å²) in [5.41, 5.74) is -0.960. The molecule has 2 aliphatic heterocycles. The Kier molecular flexibility index (Phi) is 3.43. The van der Waals surface area contributed by atoms with Gasteiger partial charge < -0.3 is 0 Å². The van der Waals surface area contributed by atoms with Crippen molar-refractivity contribution < 1.29 is 18.0 Å². The van der Waals surface area contributed by atoms with Crippen LogP contribution < -0.4 is 0 Å². The normalized spacial score (nSPS) is 29.5. The molecule has 2 fully saturated rings. The first-order valence-electron chi connectivity index (χ1n) is 7.11. The van der Waals surface area contributed by atoms with Gasteiger partial charge >= 0.3 is 0 Å². The van der Waals surface area contributed by atoms with Gasteiger partial charge in [0.25, 0.3) is 12.3 Å². The van der Waals surface area contributed by atoms with E-state index in [0.29, 0.717) is 18.5 Å². The van der Waals surface area contributed by atoms with Crippen LogP contribution in [-0.4, -0.2) is 35.4 Å². The lowest BCUT2D eigenvalue weighted by Gasteiger charge is -2.27. The smallest absolute Gasteiger partial charge is 0.254 e. The first-order valence-corrected chi connectivity index (χ1v) is 7.11. The molecule has 1 aromatic rings. The van der Waals surface area contributed by atoms with E-state index in [-0.39, 0.29) is 24.8 Å². The van der Waals surface area contributed by atoms with Gasteiger partial charge in [0.1, 0.15) is 11.2 Å². The van der Waals surface area contributed by atoms with E-state index in [1.165, 1.54) is 17.1 Å². The van der Waals surface area contributed by atoms with Gasteiger partial charge in [0.15, 0.2) is 0 Å². The Morgan fingerprint density at radius 3 is 2.81 bits per heavy atom. The van der Waals surface area contributed by atoms with Crippen molar-refractivity contribution in [2.75, 3.05) is 13.1 Å². The van der Waals surface area contributed by atoms with Crippen LogP contribution in [0.25, 0.3) is 0 Å². The van der Waals surface area contributed by atoms with Crippen LogP contribution in [0, 0.1) is 11.2 Å². The minimum atomic E-state index is -2.69. The molecule has 3 rings (SSSR count). The molecule has 0 aromatic heterocycles. The van der Waals surface area contributed by atoms with Gasteiger partial charge in [-0.15, -0.1) is 0 Å². The van der Waals surface area contributed by atoms with Crippen molar-refractivity contribution in [1.82, 2.24) is 10.0 Å². The van der Waals surface area contributed by atoms with Crippen molar-refractivity contribution in [2.45, 2.75) is 32.2 Å². The first-order chi connectivity index (χ1) is 9.99. The fourth-order valence-electron chi connectivity index (χ4n) is 3.35. The van der Waals surface area contributed by atoms with Gasteiger partial charge in [-0.2, -0.15) is 0 Å². The summed E-state index contributed by atoms with van der Waals surface area (Å²) in [5, 5.41) is 3.11. The zero-order valence-electron chi connectivity index (χ0n) is 11.7. The highest BCUT2D eigenvalue weighted by molar-refractivity contribution is 5.85. The second-order valence-corrected chi connectivity index (χ2v) is 5.71. The SMILES string of the molecule is CC[C@]1(C(F)F)CN2CC[C@H](c3cccc(F)c3)N2C1=O. The summed E-state index contributed by atoms with van der Waals surface area (Å²) in [6, 6.07) is 5.67. The molecule has 114 valence electrons. The van der Waals surface area contributed by atoms with Gasteiger partial charge in [-0.1, -0.05) is 19.1 Å². The molecule has 2 saturated heterocycles. The number of hydrogen-bond acceptors (Lipinski definition) is 2. The third-order valence-corrected chi connectivity index (χ3v) is 4.64. The Labute approximate surface area is 121 Å². The Morgan fingerprint density at radius 1 is 1.43 bits per heavy atom. The minimum absolute atomic E-state index is 0.0474. The van der Waals surface area contributed by atoms with E-state index < -0.39 is 17.7 Å². The third-order valence-electron chi connectivity index (χ3n) is 4.64. The Morgan fingerprint density at radius 2 is 2.19 bits per heavy atom. The molecule has 0 unspecified atom stereocenters. The number of carbonyl (C=O) groups is 1. The topological polar surface area (TPSA) is 23.6 Å². The maximum absolute atomic E-state index is 13.4. The number of nitrogens with zero attached hydrogens (tertiary/aromatic N) is 2. The zero-order chi connectivity index (χ0) is 15.2. The molecular formula is C15H17F3N2O. The van der Waals surface area contributed by atoms with E-state index in [2.05, 4.69) is 0 Å². The van der Waals surface area contributed by atoms with Crippen molar-refractivity contribution >= 4 is 5.91 Å². The number of amides is 1. The van der Waals surface area contributed by atoms with E-state index in [1.54, 1.807) is 24.1 Å². The molecule has 0 aliphatic carbocycles. The minimum Gasteiger partial charge on any atom is -0.272 e. The lowest BCUT2D eigenvalue weighted by atomic mass is 9.84. The second kappa shape index (κ2) is 5.02. The summed E-state index contributed by atoms with van der Waals surface area (Å²) >= 11 is 0. The third kappa shape index (κ3) is 2.04. The average Bonchev–Trinajstić information content (AvgIpc) is 2.98. The van der Waals surface area contributed by atoms with Crippen molar-refractivity contribution in [3.63, 3.8) is 0 Å². The summed E-state index contributed by atoms with van der Waals surface area (Å²) in [6.07, 6.45) is -1.95. The van der Waals surface area contributed by atoms with Crippen LogP contribution in [0.3, 0.4) is 0 Å². The summed E-state index contributed by atoms with van der Waals surface area (Å²) in [5.74, 6) is -0.917. The predicted octanol–water partition coefficient (Wildman–Crippen LogP) is 2.99. The Bertz CT molecular complexity index is 566. The molecule has 6 heteroatoms. The van der Waals surface area contributed by atoms with Crippen LogP contribution in [0.15, 0.2) is 24.3 Å². The monoisotopic (exact) mass is 298 g/mol. The number of carbonyl (C=O) groups excluding carboxylic acids is 1. The van der Waals surface area contributed by atoms with Gasteiger partial charge in [0, 0.05) is 13.1 Å². The summed E-state index contributed by atoms with van der Waals surface area (Å²) < 4.78 is 40.2. The van der Waals surface area contributed by atoms with Gasteiger partial charge in [-0.3, -0.25) is 9.80 Å². The fourth-order valence-corrected chi connectivity index (χ4v) is 3.35. The summed E-state index contributed by atoms with van der Waals surface area (Å²) in [4.78, 5) is 12.6. The molecule has 2 heterocycles. The van der Waals surface area contributed by atoms with Crippen LogP contribution >= 0.6 is 0 Å². The molecular weight excluding hydrogens is 281 g/mol. The summed E-state index contributed by atoms with van der Waals surface area (Å²) in [6.45, 7) is 2.21. The van der Waals surface area contributed by atoms with Gasteiger partial charge in [0.2, 0.25) is 0 Å². The molecule has 0 radical (unpaired) electrons. The van der Waals surface area contributed by atoms with Crippen LogP contribution in [-0.2, 0) is 4.79 Å². The van der Waals surface area contributed by atoms with Crippen molar-refractivity contribution in [1.29, 1.82) is 0 Å². The molecule has 0 N–H and O–H groups in total. The Balaban J connectivity index is 1.94. The molecule has 2 atom stereocenters. The van der Waals surface area contributed by atoms with E-state index in [0.717, 1.165) is 0 Å². The fraction of sp³-hybridized carbons (Fsp3) is 0.533. The molecule has 2 aliphatic rings. The molecule has 1 amide bonds. The number of hydrogen-bond donors (Lipinski definition) is 0. The summed E-state index contributed by atoms with van der Waals surface area (Å²) in [7, 11) is 0. The van der Waals surface area contributed by atoms with Gasteiger partial charge in [0.05, 0.1) is 6.04 Å². The molecule has 0 spiro atoms. The molecule has 21 heavy (non-hydrogen) atoms. The number of alkyl halides is 2. The predicted molar refractivity (Wildman–Crippen MR) is 70.9 cm³/mol. The van der Waals surface area contributed by atoms with E-state index in [9.17, 15) is 18.0 Å². The quantitative estimate of drug-likeness (QED) is 0.856. The highest BCUT2D eigenvalue weighted by Gasteiger charge is 2.59. The Hall–Kier alpha value is -1.56. The average molecular weight is 298 g/mol. The molecule has 3 nitrogen and oxygen atoms in total. The van der Waals surface area contributed by atoms with E-state index in [4.69, 9.17) is 0 Å². The number of rotatable bonds is 3. The first kappa shape index (κ1) is 14.4. The van der Waals surface area contributed by atoms with E-state index in [1.807, 2.05) is 0 Å². The lowest BCUT2D eigenvalue weighted by molar-refractivity contribution is -0.148. The van der Waals surface area contributed by atoms with Crippen molar-refractivity contribution in [3.05, 3.63) is 35.6 Å². The maximum Gasteiger partial charge on any atom is 0.254 e. The lowest BCUT2D eigenvalue weighted by Crippen LogP contribution is -2.41. The van der Waals surface area contributed by atoms with Crippen LogP contribution in [0.5, 0.6) is 0 Å². The number of benzene rings is 1. The number of halogens is 3. The maximum atomic E-state index is 13.4. The second-order valence-electron chi connectivity index (χ2n) is 5.71. The highest BCUT2D eigenvalue weighted by atomic mass is 19.3. The molecule has 0 saturated carbocycles. The van der Waals surface area contributed by atoms with Crippen molar-refractivity contribution in [3.8, 4) is 0 Å². The van der Waals surface area contributed by atoms with Crippen LogP contribution in [0.1, 0.15) is 31.4 Å². The highest BCUT2D eigenvalue weighted by Crippen LogP contribution is 2.46. The van der Waals surface area contributed by atoms with Crippen molar-refractivity contribution in [2.24, 2.45) is 5.41 Å². The van der Waals surface area contributed by atoms with Gasteiger partial charge in [-0.25, -0.2) is 18.2 Å². The molecule has 0 bridgehead atoms. The van der Waals surface area contributed by atoms with Gasteiger partial charge in [-0.05, 0) is 30.5 Å². The van der Waals surface area contributed by atoms with E-state index >= 15 is 0 Å². The zero-order valence-corrected chi connectivity index (χ0v) is 11.7. The van der Waals surface area contributed by atoms with Crippen LogP contribution in [0.4, 0.5) is 13.2 Å². The number of fused-ring (bicyclic) bond motifs is 1. The molecule has 1 aromatic carbocycles. The number of hydrazine groups is 1. The van der Waals surface area contributed by atoms with Crippen LogP contribution in [0.2, 0.25) is 0 Å². The standard InChI is InChI=1S/C15H17F3N2O/c1-2-15(13(17)18)9-19-7-6-12(20(19)14(15)21)10-4-3-5-11(16)8-10/h3-5,8,12-13H,2,6-7,9H2,1H3/t12-,15-/m1/s1.